The summed E-state index contributed by atoms with van der Waals surface area (Å²) in [5.74, 6) is 2.17. The lowest BCUT2D eigenvalue weighted by Crippen LogP contribution is -2.56. The van der Waals surface area contributed by atoms with Crippen molar-refractivity contribution in [2.75, 3.05) is 18.5 Å². The number of rotatable bonds is 5. The number of anilines is 2. The van der Waals surface area contributed by atoms with Crippen LogP contribution in [0.15, 0.2) is 55.2 Å². The molecule has 6 heterocycles. The van der Waals surface area contributed by atoms with E-state index in [0.717, 1.165) is 54.1 Å². The Bertz CT molecular complexity index is 1260. The fourth-order valence-electron chi connectivity index (χ4n) is 4.65. The van der Waals surface area contributed by atoms with Gasteiger partial charge in [-0.3, -0.25) is 9.97 Å². The lowest BCUT2D eigenvalue weighted by atomic mass is 9.94. The summed E-state index contributed by atoms with van der Waals surface area (Å²) in [7, 11) is 0. The van der Waals surface area contributed by atoms with Gasteiger partial charge in [0.1, 0.15) is 17.7 Å². The smallest absolute Gasteiger partial charge is 0.154 e. The van der Waals surface area contributed by atoms with Gasteiger partial charge < -0.3 is 20.1 Å². The van der Waals surface area contributed by atoms with Crippen LogP contribution in [-0.4, -0.2) is 56.0 Å². The van der Waals surface area contributed by atoms with Crippen molar-refractivity contribution in [3.05, 3.63) is 60.9 Å². The van der Waals surface area contributed by atoms with Crippen LogP contribution in [0.25, 0.3) is 16.6 Å². The number of nitrogens with one attached hydrogen (secondary N) is 2. The molecule has 9 nitrogen and oxygen atoms in total. The summed E-state index contributed by atoms with van der Waals surface area (Å²) in [6, 6.07) is 8.95. The maximum absolute atomic E-state index is 6.52. The number of ether oxygens (including phenoxy) is 2. The maximum atomic E-state index is 6.52. The molecule has 168 valence electrons. The largest absolute Gasteiger partial charge is 0.488 e. The Morgan fingerprint density at radius 2 is 1.94 bits per heavy atom. The first kappa shape index (κ1) is 20.1. The highest BCUT2D eigenvalue weighted by molar-refractivity contribution is 5.75. The van der Waals surface area contributed by atoms with Crippen LogP contribution in [0.2, 0.25) is 0 Å². The topological polar surface area (TPSA) is 98.5 Å². The monoisotopic (exact) mass is 443 g/mol. The molecule has 4 aromatic heterocycles. The molecule has 2 aliphatic heterocycles. The van der Waals surface area contributed by atoms with Gasteiger partial charge in [-0.05, 0) is 30.7 Å². The van der Waals surface area contributed by atoms with Crippen molar-refractivity contribution in [2.45, 2.75) is 38.0 Å². The zero-order valence-electron chi connectivity index (χ0n) is 18.3. The predicted molar refractivity (Wildman–Crippen MR) is 124 cm³/mol. The van der Waals surface area contributed by atoms with E-state index in [0.29, 0.717) is 23.7 Å². The second-order valence-electron chi connectivity index (χ2n) is 8.66. The summed E-state index contributed by atoms with van der Waals surface area (Å²) in [6.07, 6.45) is 10.8. The second-order valence-corrected chi connectivity index (χ2v) is 8.66. The van der Waals surface area contributed by atoms with Crippen LogP contribution in [0.5, 0.6) is 5.75 Å². The van der Waals surface area contributed by atoms with Gasteiger partial charge in [-0.15, -0.1) is 0 Å². The number of fused-ring (bicyclic) bond motifs is 3. The van der Waals surface area contributed by atoms with Crippen LogP contribution in [0, 0.1) is 6.92 Å². The molecule has 0 spiro atoms. The van der Waals surface area contributed by atoms with Crippen molar-refractivity contribution in [3.8, 4) is 16.9 Å². The van der Waals surface area contributed by atoms with Gasteiger partial charge in [-0.1, -0.05) is 0 Å². The Hall–Kier alpha value is -3.56. The first-order valence-corrected chi connectivity index (χ1v) is 11.2. The molecule has 9 heteroatoms. The van der Waals surface area contributed by atoms with Crippen LogP contribution in [0.4, 0.5) is 11.6 Å². The van der Waals surface area contributed by atoms with Crippen molar-refractivity contribution in [3.63, 3.8) is 0 Å². The Morgan fingerprint density at radius 3 is 2.76 bits per heavy atom. The van der Waals surface area contributed by atoms with E-state index in [4.69, 9.17) is 9.47 Å². The summed E-state index contributed by atoms with van der Waals surface area (Å²) < 4.78 is 14.0. The zero-order valence-corrected chi connectivity index (χ0v) is 18.3. The summed E-state index contributed by atoms with van der Waals surface area (Å²) in [4.78, 5) is 12.8. The molecule has 33 heavy (non-hydrogen) atoms. The van der Waals surface area contributed by atoms with Gasteiger partial charge >= 0.3 is 0 Å². The SMILES string of the molecule is Cc1cc(-c2ccn3nc(Nc4cnccn4)cc3c2)c(O[C@H]2C[C@H]3COC[C@@H](C2)N3)cn1. The lowest BCUT2D eigenvalue weighted by Gasteiger charge is -2.40. The van der Waals surface area contributed by atoms with Crippen LogP contribution < -0.4 is 15.4 Å². The fourth-order valence-corrected chi connectivity index (χ4v) is 4.65. The number of hydrogen-bond donors (Lipinski definition) is 2. The van der Waals surface area contributed by atoms with Gasteiger partial charge in [0, 0.05) is 60.8 Å². The van der Waals surface area contributed by atoms with Gasteiger partial charge in [0.2, 0.25) is 0 Å². The van der Waals surface area contributed by atoms with Gasteiger partial charge in [0.05, 0.1) is 31.1 Å². The standard InChI is InChI=1S/C24H25N7O2/c1-15-6-21(22(11-27-15)33-20-8-17-13-32-14-18(9-20)28-17)16-2-5-31-19(7-16)10-23(30-31)29-24-12-25-3-4-26-24/h2-7,10-12,17-18,20,28H,8-9,13-14H2,1H3,(H,26,29,30)/t17-,18+,20-. The summed E-state index contributed by atoms with van der Waals surface area (Å²) in [5.41, 5.74) is 4.01. The van der Waals surface area contributed by atoms with Gasteiger partial charge in [0.25, 0.3) is 0 Å². The van der Waals surface area contributed by atoms with Crippen molar-refractivity contribution in [1.82, 2.24) is 29.9 Å². The van der Waals surface area contributed by atoms with Crippen LogP contribution >= 0.6 is 0 Å². The lowest BCUT2D eigenvalue weighted by molar-refractivity contribution is -0.0122. The molecule has 0 saturated carbocycles. The van der Waals surface area contributed by atoms with E-state index < -0.39 is 0 Å². The van der Waals surface area contributed by atoms with Crippen molar-refractivity contribution in [2.24, 2.45) is 0 Å². The molecular formula is C24H25N7O2. The molecule has 2 aliphatic rings. The van der Waals surface area contributed by atoms with E-state index in [2.05, 4.69) is 48.9 Å². The first-order chi connectivity index (χ1) is 16.2. The number of morpholine rings is 1. The van der Waals surface area contributed by atoms with Crippen LogP contribution in [-0.2, 0) is 4.74 Å². The minimum atomic E-state index is 0.148. The van der Waals surface area contributed by atoms with Gasteiger partial charge in [-0.2, -0.15) is 5.10 Å². The number of hydrogen-bond acceptors (Lipinski definition) is 8. The Labute approximate surface area is 191 Å². The number of pyridine rings is 2. The molecule has 3 atom stereocenters. The fraction of sp³-hybridized carbons (Fsp3) is 0.333. The molecular weight excluding hydrogens is 418 g/mol. The van der Waals surface area contributed by atoms with E-state index in [1.54, 1.807) is 18.6 Å². The summed E-state index contributed by atoms with van der Waals surface area (Å²) in [5, 5.41) is 11.4. The minimum Gasteiger partial charge on any atom is -0.488 e. The molecule has 6 rings (SSSR count). The zero-order chi connectivity index (χ0) is 22.2. The predicted octanol–water partition coefficient (Wildman–Crippen LogP) is 3.14. The van der Waals surface area contributed by atoms with E-state index in [1.165, 1.54) is 0 Å². The van der Waals surface area contributed by atoms with Gasteiger partial charge in [0.15, 0.2) is 5.82 Å². The number of piperidine rings is 1. The number of nitrogens with zero attached hydrogens (tertiary/aromatic N) is 5. The number of aromatic nitrogens is 5. The third kappa shape index (κ3) is 4.24. The minimum absolute atomic E-state index is 0.148. The van der Waals surface area contributed by atoms with E-state index in [9.17, 15) is 0 Å². The molecule has 0 amide bonds. The molecule has 0 aliphatic carbocycles. The Morgan fingerprint density at radius 1 is 1.06 bits per heavy atom. The third-order valence-electron chi connectivity index (χ3n) is 6.10. The summed E-state index contributed by atoms with van der Waals surface area (Å²) in [6.45, 7) is 3.50. The van der Waals surface area contributed by atoms with E-state index in [1.807, 2.05) is 29.9 Å². The second kappa shape index (κ2) is 8.42. The highest BCUT2D eigenvalue weighted by Gasteiger charge is 2.33. The highest BCUT2D eigenvalue weighted by atomic mass is 16.5. The Kier molecular flexibility index (Phi) is 5.12. The normalized spacial score (nSPS) is 22.3. The first-order valence-electron chi connectivity index (χ1n) is 11.2. The van der Waals surface area contributed by atoms with Crippen molar-refractivity contribution in [1.29, 1.82) is 0 Å². The number of aryl methyl sites for hydroxylation is 1. The molecule has 0 unspecified atom stereocenters. The average Bonchev–Trinajstić information content (AvgIpc) is 3.22. The highest BCUT2D eigenvalue weighted by Crippen LogP contribution is 2.34. The Balaban J connectivity index is 1.29. The molecule has 2 bridgehead atoms. The summed E-state index contributed by atoms with van der Waals surface area (Å²) >= 11 is 0. The average molecular weight is 444 g/mol. The van der Waals surface area contributed by atoms with E-state index >= 15 is 0 Å². The van der Waals surface area contributed by atoms with Gasteiger partial charge in [-0.25, -0.2) is 9.50 Å². The van der Waals surface area contributed by atoms with Crippen molar-refractivity contribution >= 4 is 17.2 Å². The van der Waals surface area contributed by atoms with Crippen molar-refractivity contribution < 1.29 is 9.47 Å². The van der Waals surface area contributed by atoms with Crippen LogP contribution in [0.1, 0.15) is 18.5 Å². The molecule has 0 aromatic carbocycles. The quantitative estimate of drug-likeness (QED) is 0.485. The molecule has 0 radical (unpaired) electrons. The molecule has 2 N–H and O–H groups in total. The van der Waals surface area contributed by atoms with E-state index in [-0.39, 0.29) is 6.10 Å². The molecule has 4 aromatic rings. The maximum Gasteiger partial charge on any atom is 0.154 e. The molecule has 2 saturated heterocycles. The molecule has 2 fully saturated rings. The third-order valence-corrected chi connectivity index (χ3v) is 6.10. The van der Waals surface area contributed by atoms with Crippen LogP contribution in [0.3, 0.4) is 0 Å².